The third kappa shape index (κ3) is 3.30. The van der Waals surface area contributed by atoms with Crippen LogP contribution in [0.1, 0.15) is 0 Å². The Hall–Kier alpha value is -6.32. The molecule has 0 radical (unpaired) electrons. The summed E-state index contributed by atoms with van der Waals surface area (Å²) < 4.78 is 19.4. The minimum Gasteiger partial charge on any atom is -0.456 e. The topological polar surface area (TPSA) is 39.4 Å². The van der Waals surface area contributed by atoms with Crippen LogP contribution >= 0.6 is 0 Å². The molecule has 0 amide bonds. The van der Waals surface area contributed by atoms with E-state index in [1.54, 1.807) is 0 Å². The Morgan fingerprint density at radius 2 is 0.660 bits per heavy atom. The largest absolute Gasteiger partial charge is 0.456 e. The summed E-state index contributed by atoms with van der Waals surface area (Å²) in [6, 6.07) is 51.1. The molecule has 3 heteroatoms. The smallest absolute Gasteiger partial charge is 0.143 e. The molecule has 3 heterocycles. The van der Waals surface area contributed by atoms with Crippen molar-refractivity contribution in [1.29, 1.82) is 0 Å². The zero-order valence-electron chi connectivity index (χ0n) is 25.1. The van der Waals surface area contributed by atoms with Crippen LogP contribution in [0.25, 0.3) is 110 Å². The van der Waals surface area contributed by atoms with Gasteiger partial charge in [0.2, 0.25) is 0 Å². The Labute approximate surface area is 267 Å². The van der Waals surface area contributed by atoms with E-state index in [1.807, 2.05) is 36.4 Å². The molecule has 47 heavy (non-hydrogen) atoms. The van der Waals surface area contributed by atoms with Gasteiger partial charge in [0.15, 0.2) is 0 Å². The Morgan fingerprint density at radius 1 is 0.255 bits per heavy atom. The van der Waals surface area contributed by atoms with Crippen molar-refractivity contribution < 1.29 is 13.3 Å². The number of para-hydroxylation sites is 3. The van der Waals surface area contributed by atoms with E-state index >= 15 is 0 Å². The second-order valence-corrected chi connectivity index (χ2v) is 12.3. The minimum absolute atomic E-state index is 0.857. The van der Waals surface area contributed by atoms with Gasteiger partial charge >= 0.3 is 0 Å². The highest BCUT2D eigenvalue weighted by Crippen LogP contribution is 2.49. The lowest BCUT2D eigenvalue weighted by molar-refractivity contribution is 0.663. The molecule has 11 aromatic rings. The molecule has 0 aliphatic heterocycles. The maximum atomic E-state index is 6.82. The van der Waals surface area contributed by atoms with Gasteiger partial charge in [0.1, 0.15) is 33.5 Å². The molecule has 0 fully saturated rings. The Balaban J connectivity index is 1.29. The Kier molecular flexibility index (Phi) is 4.84. The van der Waals surface area contributed by atoms with Gasteiger partial charge in [-0.25, -0.2) is 0 Å². The highest BCUT2D eigenvalue weighted by atomic mass is 16.3. The van der Waals surface area contributed by atoms with Gasteiger partial charge in [-0.15, -0.1) is 0 Å². The first-order valence-corrected chi connectivity index (χ1v) is 15.9. The van der Waals surface area contributed by atoms with E-state index in [9.17, 15) is 0 Å². The van der Waals surface area contributed by atoms with Gasteiger partial charge in [-0.05, 0) is 63.0 Å². The van der Waals surface area contributed by atoms with Crippen molar-refractivity contribution in [2.75, 3.05) is 0 Å². The molecule has 0 unspecified atom stereocenters. The normalized spacial score (nSPS) is 12.3. The van der Waals surface area contributed by atoms with Crippen molar-refractivity contribution in [1.82, 2.24) is 0 Å². The fraction of sp³-hybridized carbons (Fsp3) is 0. The lowest BCUT2D eigenvalue weighted by atomic mass is 9.84. The lowest BCUT2D eigenvalue weighted by Gasteiger charge is -2.18. The van der Waals surface area contributed by atoms with Crippen LogP contribution in [0, 0.1) is 0 Å². The van der Waals surface area contributed by atoms with Crippen molar-refractivity contribution in [2.45, 2.75) is 0 Å². The van der Waals surface area contributed by atoms with Gasteiger partial charge in [-0.3, -0.25) is 0 Å². The molecule has 3 aromatic heterocycles. The molecule has 0 saturated carbocycles. The maximum Gasteiger partial charge on any atom is 0.143 e. The standard InChI is InChI=1S/C44H24O3/c1-3-13-27-25(11-1)39(31-17-10-22-36-41(31)29-15-5-7-20-34(29)45-36)26-12-2-4-14-28(26)40(27)32-18-9-19-33-43-38(47-44(32)33)24-23-37-42(43)30-16-6-8-21-35(30)46-37/h1-24H. The van der Waals surface area contributed by atoms with Gasteiger partial charge in [0.05, 0.1) is 0 Å². The van der Waals surface area contributed by atoms with Crippen molar-refractivity contribution >= 4 is 87.4 Å². The van der Waals surface area contributed by atoms with E-state index in [2.05, 4.69) is 109 Å². The predicted molar refractivity (Wildman–Crippen MR) is 194 cm³/mol. The number of furan rings is 3. The monoisotopic (exact) mass is 600 g/mol. The van der Waals surface area contributed by atoms with Crippen LogP contribution in [0.3, 0.4) is 0 Å². The first-order valence-electron chi connectivity index (χ1n) is 15.9. The summed E-state index contributed by atoms with van der Waals surface area (Å²) in [5.74, 6) is 0. The summed E-state index contributed by atoms with van der Waals surface area (Å²) in [4.78, 5) is 0. The zero-order valence-corrected chi connectivity index (χ0v) is 25.1. The molecule has 8 aromatic carbocycles. The summed E-state index contributed by atoms with van der Waals surface area (Å²) in [5, 5.41) is 11.4. The molecular formula is C44H24O3. The third-order valence-electron chi connectivity index (χ3n) is 9.87. The van der Waals surface area contributed by atoms with Crippen molar-refractivity contribution in [3.05, 3.63) is 146 Å². The van der Waals surface area contributed by atoms with Gasteiger partial charge in [-0.1, -0.05) is 115 Å². The fourth-order valence-corrected chi connectivity index (χ4v) is 7.99. The second-order valence-electron chi connectivity index (χ2n) is 12.3. The quantitative estimate of drug-likeness (QED) is 0.185. The fourth-order valence-electron chi connectivity index (χ4n) is 7.99. The van der Waals surface area contributed by atoms with Gasteiger partial charge < -0.3 is 13.3 Å². The predicted octanol–water partition coefficient (Wildman–Crippen LogP) is 13.0. The molecule has 3 nitrogen and oxygen atoms in total. The zero-order chi connectivity index (χ0) is 30.6. The Bertz CT molecular complexity index is 3020. The van der Waals surface area contributed by atoms with E-state index in [0.717, 1.165) is 71.4 Å². The lowest BCUT2D eigenvalue weighted by Crippen LogP contribution is -1.91. The van der Waals surface area contributed by atoms with E-state index in [4.69, 9.17) is 13.3 Å². The molecule has 11 rings (SSSR count). The summed E-state index contributed by atoms with van der Waals surface area (Å²) in [6.07, 6.45) is 0. The molecule has 0 N–H and O–H groups in total. The van der Waals surface area contributed by atoms with Crippen LogP contribution in [0.5, 0.6) is 0 Å². The van der Waals surface area contributed by atoms with Gasteiger partial charge in [0.25, 0.3) is 0 Å². The molecule has 0 bridgehead atoms. The van der Waals surface area contributed by atoms with Gasteiger partial charge in [-0.2, -0.15) is 0 Å². The molecular weight excluding hydrogens is 576 g/mol. The summed E-state index contributed by atoms with van der Waals surface area (Å²) in [6.45, 7) is 0. The van der Waals surface area contributed by atoms with E-state index in [0.29, 0.717) is 0 Å². The van der Waals surface area contributed by atoms with Crippen molar-refractivity contribution in [3.8, 4) is 22.3 Å². The SMILES string of the molecule is c1ccc2c(c1)oc1cccc(-c3c4ccccc4c(-c4cccc5c4oc4ccc6oc7ccccc7c6c45)c4ccccc34)c12. The molecule has 218 valence electrons. The van der Waals surface area contributed by atoms with Crippen LogP contribution in [-0.2, 0) is 0 Å². The van der Waals surface area contributed by atoms with Crippen molar-refractivity contribution in [2.24, 2.45) is 0 Å². The molecule has 0 saturated heterocycles. The second kappa shape index (κ2) is 9.12. The minimum atomic E-state index is 0.857. The molecule has 0 atom stereocenters. The highest BCUT2D eigenvalue weighted by molar-refractivity contribution is 6.30. The summed E-state index contributed by atoms with van der Waals surface area (Å²) >= 11 is 0. The molecule has 0 aliphatic rings. The van der Waals surface area contributed by atoms with Crippen LogP contribution in [0.2, 0.25) is 0 Å². The molecule has 0 spiro atoms. The highest BCUT2D eigenvalue weighted by Gasteiger charge is 2.23. The summed E-state index contributed by atoms with van der Waals surface area (Å²) in [7, 11) is 0. The van der Waals surface area contributed by atoms with Crippen molar-refractivity contribution in [3.63, 3.8) is 0 Å². The number of benzene rings is 8. The van der Waals surface area contributed by atoms with Crippen LogP contribution in [0.4, 0.5) is 0 Å². The van der Waals surface area contributed by atoms with E-state index in [-0.39, 0.29) is 0 Å². The number of hydrogen-bond donors (Lipinski definition) is 0. The first kappa shape index (κ1) is 24.9. The van der Waals surface area contributed by atoms with E-state index < -0.39 is 0 Å². The van der Waals surface area contributed by atoms with Crippen LogP contribution in [0.15, 0.2) is 159 Å². The average molecular weight is 601 g/mol. The number of fused-ring (bicyclic) bond motifs is 12. The molecule has 0 aliphatic carbocycles. The van der Waals surface area contributed by atoms with E-state index in [1.165, 1.54) is 38.2 Å². The Morgan fingerprint density at radius 3 is 1.30 bits per heavy atom. The first-order chi connectivity index (χ1) is 23.3. The maximum absolute atomic E-state index is 6.82. The third-order valence-corrected chi connectivity index (χ3v) is 9.87. The summed E-state index contributed by atoms with van der Waals surface area (Å²) in [5.41, 5.74) is 9.90. The number of rotatable bonds is 2. The average Bonchev–Trinajstić information content (AvgIpc) is 3.81. The van der Waals surface area contributed by atoms with Crippen LogP contribution < -0.4 is 0 Å². The number of hydrogen-bond acceptors (Lipinski definition) is 3. The van der Waals surface area contributed by atoms with Crippen LogP contribution in [-0.4, -0.2) is 0 Å². The van der Waals surface area contributed by atoms with Gasteiger partial charge in [0, 0.05) is 43.4 Å².